The molecule has 6 nitrogen and oxygen atoms in total. The molecular weight excluding hydrogens is 316 g/mol. The quantitative estimate of drug-likeness (QED) is 0.566. The highest BCUT2D eigenvalue weighted by molar-refractivity contribution is 6.00. The first-order valence-corrected chi connectivity index (χ1v) is 7.79. The Morgan fingerprint density at radius 3 is 2.48 bits per heavy atom. The molecule has 3 N–H and O–H groups in total. The van der Waals surface area contributed by atoms with E-state index in [0.717, 1.165) is 16.7 Å². The van der Waals surface area contributed by atoms with Crippen LogP contribution in [0.25, 0.3) is 11.2 Å². The molecule has 6 heteroatoms. The number of nitrogens with one attached hydrogen (secondary N) is 1. The predicted molar refractivity (Wildman–Crippen MR) is 97.2 cm³/mol. The average Bonchev–Trinajstić information content (AvgIpc) is 2.95. The van der Waals surface area contributed by atoms with E-state index >= 15 is 0 Å². The molecule has 0 saturated heterocycles. The van der Waals surface area contributed by atoms with Crippen LogP contribution in [0.3, 0.4) is 0 Å². The van der Waals surface area contributed by atoms with E-state index < -0.39 is 0 Å². The van der Waals surface area contributed by atoms with Gasteiger partial charge in [0.1, 0.15) is 11.3 Å². The molecular formula is C19H18N4O2. The molecule has 3 rings (SSSR count). The average molecular weight is 334 g/mol. The van der Waals surface area contributed by atoms with E-state index in [1.54, 1.807) is 23.7 Å². The van der Waals surface area contributed by atoms with Gasteiger partial charge in [-0.15, -0.1) is 0 Å². The zero-order chi connectivity index (χ0) is 18.0. The minimum absolute atomic E-state index is 0.168. The van der Waals surface area contributed by atoms with Gasteiger partial charge in [0.15, 0.2) is 11.6 Å². The first-order valence-electron chi connectivity index (χ1n) is 7.79. The maximum atomic E-state index is 11.9. The largest absolute Gasteiger partial charge is 0.382 e. The normalized spacial score (nSPS) is 11.5. The standard InChI is InChI=1S/C19H18N4O2/c1-12(24)18-19(20)22-16-9-8-14(11-23(16)18)15(10-17(25)21-2)13-6-4-3-5-7-13/h3-11H,20H2,1-2H3,(H,21,25). The number of hydrogen-bond acceptors (Lipinski definition) is 4. The summed E-state index contributed by atoms with van der Waals surface area (Å²) >= 11 is 0. The molecule has 0 aliphatic rings. The summed E-state index contributed by atoms with van der Waals surface area (Å²) in [5.74, 6) is -0.184. The third-order valence-corrected chi connectivity index (χ3v) is 3.90. The van der Waals surface area contributed by atoms with Crippen LogP contribution in [0.4, 0.5) is 5.82 Å². The molecule has 2 heterocycles. The highest BCUT2D eigenvalue weighted by atomic mass is 16.1. The summed E-state index contributed by atoms with van der Waals surface area (Å²) in [6.07, 6.45) is 3.31. The summed E-state index contributed by atoms with van der Waals surface area (Å²) in [6, 6.07) is 13.2. The molecule has 0 aliphatic carbocycles. The van der Waals surface area contributed by atoms with Crippen LogP contribution >= 0.6 is 0 Å². The second-order valence-corrected chi connectivity index (χ2v) is 5.59. The van der Waals surface area contributed by atoms with Crippen LogP contribution in [0.1, 0.15) is 28.5 Å². The molecule has 1 aromatic carbocycles. The van der Waals surface area contributed by atoms with Crippen molar-refractivity contribution in [2.24, 2.45) is 0 Å². The van der Waals surface area contributed by atoms with E-state index in [2.05, 4.69) is 10.3 Å². The van der Waals surface area contributed by atoms with E-state index in [9.17, 15) is 9.59 Å². The van der Waals surface area contributed by atoms with Crippen molar-refractivity contribution >= 4 is 28.7 Å². The summed E-state index contributed by atoms with van der Waals surface area (Å²) in [7, 11) is 1.58. The maximum absolute atomic E-state index is 11.9. The monoisotopic (exact) mass is 334 g/mol. The van der Waals surface area contributed by atoms with Crippen LogP contribution in [0.15, 0.2) is 54.7 Å². The fraction of sp³-hybridized carbons (Fsp3) is 0.105. The number of carbonyl (C=O) groups is 2. The number of hydrogen-bond donors (Lipinski definition) is 2. The van der Waals surface area contributed by atoms with Gasteiger partial charge in [-0.3, -0.25) is 14.0 Å². The number of imidazole rings is 1. The number of amides is 1. The fourth-order valence-corrected chi connectivity index (χ4v) is 2.73. The van der Waals surface area contributed by atoms with Crippen molar-refractivity contribution in [2.45, 2.75) is 6.92 Å². The van der Waals surface area contributed by atoms with E-state index in [4.69, 9.17) is 5.73 Å². The number of fused-ring (bicyclic) bond motifs is 1. The summed E-state index contributed by atoms with van der Waals surface area (Å²) in [5, 5.41) is 2.60. The highest BCUT2D eigenvalue weighted by Crippen LogP contribution is 2.25. The molecule has 0 spiro atoms. The molecule has 2 aromatic heterocycles. The maximum Gasteiger partial charge on any atom is 0.244 e. The van der Waals surface area contributed by atoms with Crippen molar-refractivity contribution < 1.29 is 9.59 Å². The van der Waals surface area contributed by atoms with E-state index in [1.165, 1.54) is 13.0 Å². The van der Waals surface area contributed by atoms with Gasteiger partial charge in [-0.25, -0.2) is 4.98 Å². The number of anilines is 1. The lowest BCUT2D eigenvalue weighted by Crippen LogP contribution is -2.15. The van der Waals surface area contributed by atoms with Gasteiger partial charge in [0.2, 0.25) is 5.91 Å². The number of Topliss-reactive ketones (excluding diaryl/α,β-unsaturated/α-hetero) is 1. The van der Waals surface area contributed by atoms with Gasteiger partial charge in [-0.1, -0.05) is 30.3 Å². The summed E-state index contributed by atoms with van der Waals surface area (Å²) in [6.45, 7) is 1.45. The molecule has 0 atom stereocenters. The third kappa shape index (κ3) is 3.14. The number of rotatable bonds is 4. The molecule has 0 bridgehead atoms. The van der Waals surface area contributed by atoms with Gasteiger partial charge in [0, 0.05) is 26.2 Å². The number of nitrogens with zero attached hydrogens (tertiary/aromatic N) is 2. The van der Waals surface area contributed by atoms with Crippen LogP contribution < -0.4 is 11.1 Å². The summed E-state index contributed by atoms with van der Waals surface area (Å²) in [5.41, 5.74) is 9.19. The van der Waals surface area contributed by atoms with Gasteiger partial charge in [0.05, 0.1) is 0 Å². The first kappa shape index (κ1) is 16.4. The second kappa shape index (κ2) is 6.60. The molecule has 3 aromatic rings. The lowest BCUT2D eigenvalue weighted by atomic mass is 9.98. The Bertz CT molecular complexity index is 987. The lowest BCUT2D eigenvalue weighted by molar-refractivity contribution is -0.116. The van der Waals surface area contributed by atoms with E-state index in [-0.39, 0.29) is 17.5 Å². The summed E-state index contributed by atoms with van der Waals surface area (Å²) < 4.78 is 1.66. The number of likely N-dealkylation sites (N-methyl/N-ethyl adjacent to an activating group) is 1. The van der Waals surface area contributed by atoms with Crippen LogP contribution in [-0.4, -0.2) is 28.1 Å². The number of nitrogen functional groups attached to an aromatic ring is 1. The number of pyridine rings is 1. The molecule has 0 unspecified atom stereocenters. The number of carbonyl (C=O) groups excluding carboxylic acids is 2. The first-order chi connectivity index (χ1) is 12.0. The molecule has 0 aliphatic heterocycles. The lowest BCUT2D eigenvalue weighted by Gasteiger charge is -2.10. The SMILES string of the molecule is CNC(=O)C=C(c1ccccc1)c1ccc2nc(N)c(C(C)=O)n2c1. The number of benzene rings is 1. The number of nitrogens with two attached hydrogens (primary N) is 1. The van der Waals surface area contributed by atoms with Crippen molar-refractivity contribution in [3.8, 4) is 0 Å². The van der Waals surface area contributed by atoms with Crippen molar-refractivity contribution in [3.05, 3.63) is 71.6 Å². The topological polar surface area (TPSA) is 89.5 Å². The van der Waals surface area contributed by atoms with Gasteiger partial charge in [-0.05, 0) is 28.8 Å². The Morgan fingerprint density at radius 2 is 1.84 bits per heavy atom. The van der Waals surface area contributed by atoms with Crippen LogP contribution in [0, 0.1) is 0 Å². The van der Waals surface area contributed by atoms with Crippen LogP contribution in [-0.2, 0) is 4.79 Å². The van der Waals surface area contributed by atoms with E-state index in [1.807, 2.05) is 36.4 Å². The van der Waals surface area contributed by atoms with E-state index in [0.29, 0.717) is 11.3 Å². The van der Waals surface area contributed by atoms with Crippen LogP contribution in [0.5, 0.6) is 0 Å². The molecule has 0 fully saturated rings. The Labute approximate surface area is 145 Å². The van der Waals surface area contributed by atoms with Gasteiger partial charge < -0.3 is 11.1 Å². The highest BCUT2D eigenvalue weighted by Gasteiger charge is 2.15. The van der Waals surface area contributed by atoms with Gasteiger partial charge in [0.25, 0.3) is 0 Å². The Hall–Kier alpha value is -3.41. The molecule has 0 saturated carbocycles. The Kier molecular flexibility index (Phi) is 4.35. The summed E-state index contributed by atoms with van der Waals surface area (Å²) in [4.78, 5) is 28.0. The Morgan fingerprint density at radius 1 is 1.12 bits per heavy atom. The van der Waals surface area contributed by atoms with Crippen LogP contribution in [0.2, 0.25) is 0 Å². The molecule has 126 valence electrons. The second-order valence-electron chi connectivity index (χ2n) is 5.59. The molecule has 0 radical (unpaired) electrons. The van der Waals surface area contributed by atoms with Gasteiger partial charge >= 0.3 is 0 Å². The third-order valence-electron chi connectivity index (χ3n) is 3.90. The number of aromatic nitrogens is 2. The van der Waals surface area contributed by atoms with Crippen molar-refractivity contribution in [1.29, 1.82) is 0 Å². The molecule has 25 heavy (non-hydrogen) atoms. The van der Waals surface area contributed by atoms with Crippen molar-refractivity contribution in [3.63, 3.8) is 0 Å². The number of ketones is 1. The zero-order valence-corrected chi connectivity index (χ0v) is 14.0. The fourth-order valence-electron chi connectivity index (χ4n) is 2.73. The Balaban J connectivity index is 2.23. The van der Waals surface area contributed by atoms with Crippen molar-refractivity contribution in [2.75, 3.05) is 12.8 Å². The smallest absolute Gasteiger partial charge is 0.244 e. The minimum atomic E-state index is -0.212. The van der Waals surface area contributed by atoms with Crippen molar-refractivity contribution in [1.82, 2.24) is 14.7 Å². The predicted octanol–water partition coefficient (Wildman–Crippen LogP) is 2.30. The van der Waals surface area contributed by atoms with Gasteiger partial charge in [-0.2, -0.15) is 0 Å². The molecule has 1 amide bonds. The zero-order valence-electron chi connectivity index (χ0n) is 14.0. The minimum Gasteiger partial charge on any atom is -0.382 e.